The van der Waals surface area contributed by atoms with Crippen LogP contribution >= 0.6 is 0 Å². The number of hydrogen-bond acceptors (Lipinski definition) is 2. The molecule has 0 aromatic heterocycles. The van der Waals surface area contributed by atoms with E-state index in [2.05, 4.69) is 17.6 Å². The molecule has 1 saturated heterocycles. The molecular formula is C20H29N3O2. The summed E-state index contributed by atoms with van der Waals surface area (Å²) in [6.45, 7) is 3.44. The molecule has 1 aliphatic carbocycles. The summed E-state index contributed by atoms with van der Waals surface area (Å²) >= 11 is 0. The molecule has 1 saturated carbocycles. The zero-order valence-electron chi connectivity index (χ0n) is 15.0. The van der Waals surface area contributed by atoms with E-state index in [0.29, 0.717) is 25.0 Å². The van der Waals surface area contributed by atoms with Gasteiger partial charge < -0.3 is 15.5 Å². The Hall–Kier alpha value is -2.04. The highest BCUT2D eigenvalue weighted by atomic mass is 16.2. The topological polar surface area (TPSA) is 61.4 Å². The summed E-state index contributed by atoms with van der Waals surface area (Å²) in [7, 11) is 0. The minimum absolute atomic E-state index is 0.0931. The maximum atomic E-state index is 12.7. The molecule has 5 heteroatoms. The lowest BCUT2D eigenvalue weighted by molar-refractivity contribution is -0.127. The Morgan fingerprint density at radius 3 is 2.56 bits per heavy atom. The van der Waals surface area contributed by atoms with Crippen molar-refractivity contribution in [3.63, 3.8) is 0 Å². The number of nitrogens with one attached hydrogen (secondary N) is 2. The zero-order chi connectivity index (χ0) is 17.6. The van der Waals surface area contributed by atoms with Crippen molar-refractivity contribution >= 4 is 17.6 Å². The smallest absolute Gasteiger partial charge is 0.321 e. The van der Waals surface area contributed by atoms with Gasteiger partial charge in [0.2, 0.25) is 5.91 Å². The molecule has 0 radical (unpaired) electrons. The van der Waals surface area contributed by atoms with Crippen LogP contribution in [0.4, 0.5) is 10.5 Å². The van der Waals surface area contributed by atoms with E-state index in [1.54, 1.807) is 4.90 Å². The average molecular weight is 343 g/mol. The molecule has 5 nitrogen and oxygen atoms in total. The first-order valence-corrected chi connectivity index (χ1v) is 9.55. The Morgan fingerprint density at radius 1 is 1.04 bits per heavy atom. The number of rotatable bonds is 3. The van der Waals surface area contributed by atoms with Gasteiger partial charge in [-0.3, -0.25) is 4.79 Å². The van der Waals surface area contributed by atoms with Gasteiger partial charge in [0.05, 0.1) is 5.92 Å². The molecule has 25 heavy (non-hydrogen) atoms. The molecule has 1 aliphatic heterocycles. The summed E-state index contributed by atoms with van der Waals surface area (Å²) in [5.41, 5.74) is 0.787. The quantitative estimate of drug-likeness (QED) is 0.880. The van der Waals surface area contributed by atoms with Crippen LogP contribution in [0.3, 0.4) is 0 Å². The van der Waals surface area contributed by atoms with Crippen LogP contribution in [0.15, 0.2) is 30.3 Å². The minimum atomic E-state index is -0.116. The summed E-state index contributed by atoms with van der Waals surface area (Å²) in [5, 5.41) is 6.17. The molecule has 3 rings (SSSR count). The van der Waals surface area contributed by atoms with Crippen molar-refractivity contribution in [2.75, 3.05) is 18.4 Å². The second-order valence-corrected chi connectivity index (χ2v) is 7.46. The molecule has 2 fully saturated rings. The number of carbonyl (C=O) groups excluding carboxylic acids is 2. The second-order valence-electron chi connectivity index (χ2n) is 7.46. The number of anilines is 1. The Kier molecular flexibility index (Phi) is 5.95. The van der Waals surface area contributed by atoms with Crippen molar-refractivity contribution in [3.8, 4) is 0 Å². The number of urea groups is 1. The van der Waals surface area contributed by atoms with Crippen LogP contribution in [0.25, 0.3) is 0 Å². The predicted molar refractivity (Wildman–Crippen MR) is 99.3 cm³/mol. The molecule has 1 aromatic carbocycles. The Labute approximate surface area is 150 Å². The van der Waals surface area contributed by atoms with Gasteiger partial charge in [-0.1, -0.05) is 38.0 Å². The predicted octanol–water partition coefficient (Wildman–Crippen LogP) is 3.63. The lowest BCUT2D eigenvalue weighted by atomic mass is 9.85. The summed E-state index contributed by atoms with van der Waals surface area (Å²) < 4.78 is 0. The Balaban J connectivity index is 1.53. The number of hydrogen-bond donors (Lipinski definition) is 2. The van der Waals surface area contributed by atoms with Crippen LogP contribution in [0.2, 0.25) is 0 Å². The van der Waals surface area contributed by atoms with E-state index in [4.69, 9.17) is 0 Å². The van der Waals surface area contributed by atoms with Crippen LogP contribution < -0.4 is 10.6 Å². The number of piperidine rings is 1. The largest absolute Gasteiger partial charge is 0.353 e. The molecule has 3 atom stereocenters. The summed E-state index contributed by atoms with van der Waals surface area (Å²) in [6, 6.07) is 9.64. The van der Waals surface area contributed by atoms with E-state index < -0.39 is 0 Å². The SMILES string of the molecule is C[C@H]1CCCC[C@H]1NC(=O)[C@@H]1CCCN(C(=O)Nc2ccccc2)C1. The minimum Gasteiger partial charge on any atom is -0.353 e. The highest BCUT2D eigenvalue weighted by Crippen LogP contribution is 2.25. The monoisotopic (exact) mass is 343 g/mol. The molecule has 0 spiro atoms. The van der Waals surface area contributed by atoms with Crippen molar-refractivity contribution in [1.82, 2.24) is 10.2 Å². The molecule has 2 aliphatic rings. The highest BCUT2D eigenvalue weighted by Gasteiger charge is 2.31. The first-order chi connectivity index (χ1) is 12.1. The number of amides is 3. The number of carbonyl (C=O) groups is 2. The van der Waals surface area contributed by atoms with Crippen LogP contribution in [-0.4, -0.2) is 36.0 Å². The maximum absolute atomic E-state index is 12.7. The van der Waals surface area contributed by atoms with Crippen molar-refractivity contribution in [1.29, 1.82) is 0 Å². The van der Waals surface area contributed by atoms with Gasteiger partial charge >= 0.3 is 6.03 Å². The molecule has 1 aromatic rings. The number of benzene rings is 1. The first kappa shape index (κ1) is 17.8. The van der Waals surface area contributed by atoms with Crippen LogP contribution in [0.1, 0.15) is 45.4 Å². The van der Waals surface area contributed by atoms with Gasteiger partial charge in [0.1, 0.15) is 0 Å². The third-order valence-corrected chi connectivity index (χ3v) is 5.54. The number of likely N-dealkylation sites (tertiary alicyclic amines) is 1. The summed E-state index contributed by atoms with van der Waals surface area (Å²) in [4.78, 5) is 26.9. The van der Waals surface area contributed by atoms with Crippen LogP contribution in [0.5, 0.6) is 0 Å². The zero-order valence-corrected chi connectivity index (χ0v) is 15.0. The molecule has 136 valence electrons. The number of nitrogens with zero attached hydrogens (tertiary/aromatic N) is 1. The lowest BCUT2D eigenvalue weighted by Crippen LogP contribution is -2.50. The maximum Gasteiger partial charge on any atom is 0.321 e. The van der Waals surface area contributed by atoms with E-state index in [1.165, 1.54) is 19.3 Å². The van der Waals surface area contributed by atoms with Gasteiger partial charge in [0.15, 0.2) is 0 Å². The van der Waals surface area contributed by atoms with E-state index in [-0.39, 0.29) is 17.9 Å². The second kappa shape index (κ2) is 8.37. The third kappa shape index (κ3) is 4.74. The van der Waals surface area contributed by atoms with Gasteiger partial charge in [0, 0.05) is 24.8 Å². The molecule has 3 amide bonds. The molecule has 1 heterocycles. The first-order valence-electron chi connectivity index (χ1n) is 9.55. The van der Waals surface area contributed by atoms with Gasteiger partial charge in [0.25, 0.3) is 0 Å². The van der Waals surface area contributed by atoms with Gasteiger partial charge in [-0.25, -0.2) is 4.79 Å². The van der Waals surface area contributed by atoms with Crippen molar-refractivity contribution in [2.45, 2.75) is 51.5 Å². The fraction of sp³-hybridized carbons (Fsp3) is 0.600. The fourth-order valence-electron chi connectivity index (χ4n) is 3.93. The average Bonchev–Trinajstić information content (AvgIpc) is 2.64. The molecule has 0 unspecified atom stereocenters. The van der Waals surface area contributed by atoms with Gasteiger partial charge in [-0.15, -0.1) is 0 Å². The molecular weight excluding hydrogens is 314 g/mol. The Morgan fingerprint density at radius 2 is 1.80 bits per heavy atom. The van der Waals surface area contributed by atoms with E-state index in [0.717, 1.165) is 24.9 Å². The van der Waals surface area contributed by atoms with Gasteiger partial charge in [-0.2, -0.15) is 0 Å². The molecule has 0 bridgehead atoms. The van der Waals surface area contributed by atoms with Crippen molar-refractivity contribution in [2.24, 2.45) is 11.8 Å². The highest BCUT2D eigenvalue weighted by molar-refractivity contribution is 5.90. The normalized spacial score (nSPS) is 26.8. The standard InChI is InChI=1S/C20H29N3O2/c1-15-8-5-6-12-18(15)22-19(24)16-9-7-13-23(14-16)20(25)21-17-10-3-2-4-11-17/h2-4,10-11,15-16,18H,5-9,12-14H2,1H3,(H,21,25)(H,22,24)/t15-,16+,18+/m0/s1. The van der Waals surface area contributed by atoms with E-state index >= 15 is 0 Å². The Bertz CT molecular complexity index is 590. The molecule has 2 N–H and O–H groups in total. The summed E-state index contributed by atoms with van der Waals surface area (Å²) in [6.07, 6.45) is 6.48. The lowest BCUT2D eigenvalue weighted by Gasteiger charge is -2.35. The van der Waals surface area contributed by atoms with E-state index in [9.17, 15) is 9.59 Å². The number of para-hydroxylation sites is 1. The van der Waals surface area contributed by atoms with Crippen molar-refractivity contribution in [3.05, 3.63) is 30.3 Å². The summed E-state index contributed by atoms with van der Waals surface area (Å²) in [5.74, 6) is 0.583. The third-order valence-electron chi connectivity index (χ3n) is 5.54. The van der Waals surface area contributed by atoms with Crippen LogP contribution in [0, 0.1) is 11.8 Å². The van der Waals surface area contributed by atoms with E-state index in [1.807, 2.05) is 30.3 Å². The van der Waals surface area contributed by atoms with Gasteiger partial charge in [-0.05, 0) is 43.7 Å². The van der Waals surface area contributed by atoms with Crippen LogP contribution in [-0.2, 0) is 4.79 Å². The fourth-order valence-corrected chi connectivity index (χ4v) is 3.93. The van der Waals surface area contributed by atoms with Crippen molar-refractivity contribution < 1.29 is 9.59 Å².